The Morgan fingerprint density at radius 3 is 2.19 bits per heavy atom. The number of anilines is 2. The number of benzene rings is 1. The number of aromatic nitrogens is 3. The SMILES string of the molecule is Nc1nc(N)n(-c2cc(Cl)c(Br)c(Cl)c2)n1. The van der Waals surface area contributed by atoms with Crippen molar-refractivity contribution in [3.05, 3.63) is 26.7 Å². The lowest BCUT2D eigenvalue weighted by molar-refractivity contribution is 0.895. The Morgan fingerprint density at radius 1 is 1.19 bits per heavy atom. The number of rotatable bonds is 1. The second-order valence-corrected chi connectivity index (χ2v) is 4.57. The lowest BCUT2D eigenvalue weighted by Gasteiger charge is -2.05. The quantitative estimate of drug-likeness (QED) is 0.790. The van der Waals surface area contributed by atoms with Crippen LogP contribution in [0.25, 0.3) is 5.69 Å². The summed E-state index contributed by atoms with van der Waals surface area (Å²) >= 11 is 15.2. The van der Waals surface area contributed by atoms with Gasteiger partial charge in [0, 0.05) is 0 Å². The number of nitrogens with two attached hydrogens (primary N) is 2. The summed E-state index contributed by atoms with van der Waals surface area (Å²) in [5.41, 5.74) is 11.6. The van der Waals surface area contributed by atoms with Crippen molar-refractivity contribution in [2.45, 2.75) is 0 Å². The van der Waals surface area contributed by atoms with Crippen molar-refractivity contribution in [2.24, 2.45) is 0 Å². The van der Waals surface area contributed by atoms with Gasteiger partial charge in [-0.15, -0.1) is 5.10 Å². The smallest absolute Gasteiger partial charge is 0.241 e. The summed E-state index contributed by atoms with van der Waals surface area (Å²) in [5.74, 6) is 0.264. The highest BCUT2D eigenvalue weighted by molar-refractivity contribution is 9.10. The molecule has 0 aliphatic carbocycles. The zero-order valence-corrected chi connectivity index (χ0v) is 10.9. The molecule has 1 heterocycles. The standard InChI is InChI=1S/C8H6BrCl2N5/c9-6-4(10)1-3(2-5(6)11)16-8(13)14-7(12)15-16/h1-2H,(H4,12,13,14,15). The number of nitrogens with zero attached hydrogens (tertiary/aromatic N) is 3. The highest BCUT2D eigenvalue weighted by Gasteiger charge is 2.11. The molecule has 0 amide bonds. The van der Waals surface area contributed by atoms with Crippen molar-refractivity contribution >= 4 is 51.0 Å². The molecule has 0 aliphatic heterocycles. The van der Waals surface area contributed by atoms with Crippen LogP contribution in [0.5, 0.6) is 0 Å². The Balaban J connectivity index is 2.61. The van der Waals surface area contributed by atoms with Crippen LogP contribution in [0.3, 0.4) is 0 Å². The Morgan fingerprint density at radius 2 is 1.75 bits per heavy atom. The molecular weight excluding hydrogens is 317 g/mol. The maximum absolute atomic E-state index is 5.96. The largest absolute Gasteiger partial charge is 0.368 e. The van der Waals surface area contributed by atoms with E-state index < -0.39 is 0 Å². The summed E-state index contributed by atoms with van der Waals surface area (Å²) in [4.78, 5) is 3.78. The summed E-state index contributed by atoms with van der Waals surface area (Å²) in [6.07, 6.45) is 0. The molecule has 84 valence electrons. The average Bonchev–Trinajstić information content (AvgIpc) is 2.53. The van der Waals surface area contributed by atoms with Crippen molar-refractivity contribution in [1.29, 1.82) is 0 Å². The summed E-state index contributed by atoms with van der Waals surface area (Å²) in [7, 11) is 0. The monoisotopic (exact) mass is 321 g/mol. The van der Waals surface area contributed by atoms with Crippen LogP contribution in [0.4, 0.5) is 11.9 Å². The van der Waals surface area contributed by atoms with E-state index in [4.69, 9.17) is 34.7 Å². The lowest BCUT2D eigenvalue weighted by atomic mass is 10.3. The fraction of sp³-hybridized carbons (Fsp3) is 0. The predicted molar refractivity (Wildman–Crippen MR) is 67.9 cm³/mol. The minimum Gasteiger partial charge on any atom is -0.368 e. The van der Waals surface area contributed by atoms with Gasteiger partial charge in [-0.1, -0.05) is 23.2 Å². The third-order valence-corrected chi connectivity index (χ3v) is 3.77. The molecule has 4 N–H and O–H groups in total. The molecule has 16 heavy (non-hydrogen) atoms. The molecular formula is C8H6BrCl2N5. The Kier molecular flexibility index (Phi) is 2.96. The second-order valence-electron chi connectivity index (χ2n) is 2.96. The molecule has 1 aromatic carbocycles. The van der Waals surface area contributed by atoms with Crippen molar-refractivity contribution in [3.63, 3.8) is 0 Å². The summed E-state index contributed by atoms with van der Waals surface area (Å²) in [5, 5.41) is 4.83. The van der Waals surface area contributed by atoms with E-state index in [1.54, 1.807) is 12.1 Å². The molecule has 0 unspecified atom stereocenters. The van der Waals surface area contributed by atoms with Gasteiger partial charge in [-0.3, -0.25) is 0 Å². The van der Waals surface area contributed by atoms with Gasteiger partial charge in [0.25, 0.3) is 0 Å². The molecule has 1 aromatic heterocycles. The number of hydrogen-bond donors (Lipinski definition) is 2. The summed E-state index contributed by atoms with van der Waals surface area (Å²) in [6.45, 7) is 0. The van der Waals surface area contributed by atoms with E-state index in [0.29, 0.717) is 20.2 Å². The highest BCUT2D eigenvalue weighted by Crippen LogP contribution is 2.33. The van der Waals surface area contributed by atoms with Gasteiger partial charge < -0.3 is 11.5 Å². The molecule has 0 spiro atoms. The van der Waals surface area contributed by atoms with E-state index in [1.807, 2.05) is 0 Å². The maximum atomic E-state index is 5.96. The minimum atomic E-state index is 0.0904. The van der Waals surface area contributed by atoms with Crippen LogP contribution < -0.4 is 11.5 Å². The highest BCUT2D eigenvalue weighted by atomic mass is 79.9. The predicted octanol–water partition coefficient (Wildman–Crippen LogP) is 2.50. The molecule has 2 rings (SSSR count). The average molecular weight is 323 g/mol. The van der Waals surface area contributed by atoms with Crippen LogP contribution in [0, 0.1) is 0 Å². The first-order valence-corrected chi connectivity index (χ1v) is 5.67. The fourth-order valence-electron chi connectivity index (χ4n) is 1.20. The van der Waals surface area contributed by atoms with E-state index in [1.165, 1.54) is 4.68 Å². The van der Waals surface area contributed by atoms with Gasteiger partial charge in [0.05, 0.1) is 20.2 Å². The molecule has 0 bridgehead atoms. The molecule has 2 aromatic rings. The van der Waals surface area contributed by atoms with E-state index >= 15 is 0 Å². The molecule has 0 saturated carbocycles. The van der Waals surface area contributed by atoms with Gasteiger partial charge in [-0.05, 0) is 28.1 Å². The lowest BCUT2D eigenvalue weighted by Crippen LogP contribution is -2.02. The zero-order valence-electron chi connectivity index (χ0n) is 7.78. The van der Waals surface area contributed by atoms with Crippen LogP contribution in [0.2, 0.25) is 10.0 Å². The Hall–Kier alpha value is -0.980. The number of halogens is 3. The van der Waals surface area contributed by atoms with Gasteiger partial charge >= 0.3 is 0 Å². The van der Waals surface area contributed by atoms with E-state index in [-0.39, 0.29) is 11.9 Å². The van der Waals surface area contributed by atoms with E-state index in [2.05, 4.69) is 26.0 Å². The zero-order chi connectivity index (χ0) is 11.9. The topological polar surface area (TPSA) is 82.7 Å². The molecule has 0 atom stereocenters. The Labute approximate surface area is 109 Å². The van der Waals surface area contributed by atoms with Gasteiger partial charge in [0.15, 0.2) is 0 Å². The van der Waals surface area contributed by atoms with Crippen LogP contribution in [-0.4, -0.2) is 14.8 Å². The molecule has 0 saturated heterocycles. The van der Waals surface area contributed by atoms with Crippen molar-refractivity contribution in [1.82, 2.24) is 14.8 Å². The third kappa shape index (κ3) is 1.95. The van der Waals surface area contributed by atoms with Gasteiger partial charge in [0.2, 0.25) is 11.9 Å². The molecule has 0 aliphatic rings. The van der Waals surface area contributed by atoms with Crippen molar-refractivity contribution in [3.8, 4) is 5.69 Å². The second kappa shape index (κ2) is 4.12. The van der Waals surface area contributed by atoms with E-state index in [9.17, 15) is 0 Å². The van der Waals surface area contributed by atoms with Crippen molar-refractivity contribution < 1.29 is 0 Å². The van der Waals surface area contributed by atoms with E-state index in [0.717, 1.165) is 0 Å². The number of hydrogen-bond acceptors (Lipinski definition) is 4. The molecule has 8 heteroatoms. The number of nitrogen functional groups attached to an aromatic ring is 2. The first-order chi connectivity index (χ1) is 7.49. The van der Waals surface area contributed by atoms with Gasteiger partial charge in [0.1, 0.15) is 0 Å². The summed E-state index contributed by atoms with van der Waals surface area (Å²) < 4.78 is 1.98. The normalized spacial score (nSPS) is 10.7. The van der Waals surface area contributed by atoms with Crippen LogP contribution in [0.15, 0.2) is 16.6 Å². The summed E-state index contributed by atoms with van der Waals surface area (Å²) in [6, 6.07) is 3.31. The molecule has 0 radical (unpaired) electrons. The van der Waals surface area contributed by atoms with Crippen molar-refractivity contribution in [2.75, 3.05) is 11.5 Å². The fourth-order valence-corrected chi connectivity index (χ4v) is 1.90. The molecule has 0 fully saturated rings. The maximum Gasteiger partial charge on any atom is 0.241 e. The minimum absolute atomic E-state index is 0.0904. The van der Waals surface area contributed by atoms with Gasteiger partial charge in [-0.25, -0.2) is 0 Å². The van der Waals surface area contributed by atoms with Crippen LogP contribution in [0.1, 0.15) is 0 Å². The first kappa shape index (κ1) is 11.5. The Bertz CT molecular complexity index is 530. The molecule has 5 nitrogen and oxygen atoms in total. The van der Waals surface area contributed by atoms with Gasteiger partial charge in [-0.2, -0.15) is 9.67 Å². The van der Waals surface area contributed by atoms with Crippen LogP contribution in [-0.2, 0) is 0 Å². The van der Waals surface area contributed by atoms with Crippen LogP contribution >= 0.6 is 39.1 Å². The third-order valence-electron chi connectivity index (χ3n) is 1.86. The first-order valence-electron chi connectivity index (χ1n) is 4.12.